The Bertz CT molecular complexity index is 410. The van der Waals surface area contributed by atoms with Gasteiger partial charge in [-0.25, -0.2) is 0 Å². The number of nitrogens with zero attached hydrogens (tertiary/aromatic N) is 1. The second kappa shape index (κ2) is 15.7. The van der Waals surface area contributed by atoms with Gasteiger partial charge >= 0.3 is 0 Å². The molecule has 0 aromatic carbocycles. The fourth-order valence-corrected chi connectivity index (χ4v) is 1.95. The predicted octanol–water partition coefficient (Wildman–Crippen LogP) is 3.98. The van der Waals surface area contributed by atoms with Crippen molar-refractivity contribution < 1.29 is 9.15 Å². The van der Waals surface area contributed by atoms with E-state index in [2.05, 4.69) is 36.4 Å². The number of halogens is 1. The van der Waals surface area contributed by atoms with Crippen LogP contribution in [-0.4, -0.2) is 38.3 Å². The van der Waals surface area contributed by atoms with Crippen molar-refractivity contribution in [1.82, 2.24) is 10.6 Å². The SMILES string of the molecule is CCCCOCCCN=C(NCCc1ccco1)NC(C)CC.I. The summed E-state index contributed by atoms with van der Waals surface area (Å²) in [4.78, 5) is 4.63. The van der Waals surface area contributed by atoms with E-state index in [-0.39, 0.29) is 24.0 Å². The second-order valence-electron chi connectivity index (χ2n) is 5.76. The van der Waals surface area contributed by atoms with E-state index in [0.29, 0.717) is 6.04 Å². The van der Waals surface area contributed by atoms with Gasteiger partial charge in [0, 0.05) is 38.8 Å². The average Bonchev–Trinajstić information content (AvgIpc) is 3.07. The highest BCUT2D eigenvalue weighted by molar-refractivity contribution is 14.0. The number of hydrogen-bond acceptors (Lipinski definition) is 3. The van der Waals surface area contributed by atoms with Gasteiger partial charge in [-0.2, -0.15) is 0 Å². The minimum Gasteiger partial charge on any atom is -0.469 e. The minimum atomic E-state index is 0. The standard InChI is InChI=1S/C18H33N3O2.HI/c1-4-6-13-22-14-8-11-19-18(21-16(3)5-2)20-12-10-17-9-7-15-23-17;/h7,9,15-16H,4-6,8,10-14H2,1-3H3,(H2,19,20,21);1H. The minimum absolute atomic E-state index is 0. The number of hydrogen-bond donors (Lipinski definition) is 2. The van der Waals surface area contributed by atoms with Crippen molar-refractivity contribution in [1.29, 1.82) is 0 Å². The van der Waals surface area contributed by atoms with E-state index in [1.54, 1.807) is 6.26 Å². The first-order chi connectivity index (χ1) is 11.3. The van der Waals surface area contributed by atoms with Crippen molar-refractivity contribution in [2.45, 2.75) is 58.9 Å². The van der Waals surface area contributed by atoms with Crippen molar-refractivity contribution >= 4 is 29.9 Å². The molecule has 1 heterocycles. The van der Waals surface area contributed by atoms with Crippen molar-refractivity contribution in [2.24, 2.45) is 4.99 Å². The van der Waals surface area contributed by atoms with E-state index >= 15 is 0 Å². The molecule has 1 aromatic heterocycles. The lowest BCUT2D eigenvalue weighted by atomic mass is 10.3. The first-order valence-electron chi connectivity index (χ1n) is 8.91. The van der Waals surface area contributed by atoms with E-state index in [4.69, 9.17) is 9.15 Å². The lowest BCUT2D eigenvalue weighted by Gasteiger charge is -2.16. The summed E-state index contributed by atoms with van der Waals surface area (Å²) < 4.78 is 10.9. The Hall–Kier alpha value is -0.760. The maximum Gasteiger partial charge on any atom is 0.191 e. The number of unbranched alkanes of at least 4 members (excludes halogenated alkanes) is 1. The molecule has 0 bridgehead atoms. The molecule has 1 aromatic rings. The summed E-state index contributed by atoms with van der Waals surface area (Å²) >= 11 is 0. The van der Waals surface area contributed by atoms with E-state index < -0.39 is 0 Å². The molecular formula is C18H34IN3O2. The van der Waals surface area contributed by atoms with Crippen LogP contribution in [0.25, 0.3) is 0 Å². The van der Waals surface area contributed by atoms with Gasteiger partial charge in [-0.15, -0.1) is 24.0 Å². The summed E-state index contributed by atoms with van der Waals surface area (Å²) in [5, 5.41) is 6.80. The van der Waals surface area contributed by atoms with Crippen LogP contribution in [0.4, 0.5) is 0 Å². The Labute approximate surface area is 164 Å². The quantitative estimate of drug-likeness (QED) is 0.219. The van der Waals surface area contributed by atoms with Gasteiger partial charge in [0.1, 0.15) is 5.76 Å². The molecule has 0 saturated carbocycles. The van der Waals surface area contributed by atoms with Gasteiger partial charge in [-0.1, -0.05) is 20.3 Å². The van der Waals surface area contributed by atoms with Crippen LogP contribution in [0, 0.1) is 0 Å². The highest BCUT2D eigenvalue weighted by atomic mass is 127. The molecule has 0 aliphatic rings. The van der Waals surface area contributed by atoms with Gasteiger partial charge in [0.25, 0.3) is 0 Å². The zero-order valence-corrected chi connectivity index (χ0v) is 17.7. The number of rotatable bonds is 12. The topological polar surface area (TPSA) is 58.8 Å². The lowest BCUT2D eigenvalue weighted by Crippen LogP contribution is -2.42. The van der Waals surface area contributed by atoms with Gasteiger partial charge in [-0.3, -0.25) is 4.99 Å². The average molecular weight is 451 g/mol. The first-order valence-corrected chi connectivity index (χ1v) is 8.91. The fourth-order valence-electron chi connectivity index (χ4n) is 1.95. The molecule has 1 rings (SSSR count). The molecule has 1 atom stereocenters. The summed E-state index contributed by atoms with van der Waals surface area (Å²) in [5.41, 5.74) is 0. The Kier molecular flexibility index (Phi) is 15.3. The largest absolute Gasteiger partial charge is 0.469 e. The third-order valence-electron chi connectivity index (χ3n) is 3.60. The van der Waals surface area contributed by atoms with Crippen LogP contribution in [0.5, 0.6) is 0 Å². The molecule has 0 amide bonds. The third-order valence-corrected chi connectivity index (χ3v) is 3.60. The molecule has 5 nitrogen and oxygen atoms in total. The molecule has 0 saturated heterocycles. The summed E-state index contributed by atoms with van der Waals surface area (Å²) in [7, 11) is 0. The van der Waals surface area contributed by atoms with Crippen LogP contribution < -0.4 is 10.6 Å². The highest BCUT2D eigenvalue weighted by Gasteiger charge is 2.04. The molecule has 0 aliphatic heterocycles. The monoisotopic (exact) mass is 451 g/mol. The van der Waals surface area contributed by atoms with Crippen LogP contribution in [0.1, 0.15) is 52.2 Å². The van der Waals surface area contributed by atoms with Crippen LogP contribution in [0.2, 0.25) is 0 Å². The summed E-state index contributed by atoms with van der Waals surface area (Å²) in [6, 6.07) is 4.32. The van der Waals surface area contributed by atoms with Gasteiger partial charge in [0.15, 0.2) is 5.96 Å². The number of aliphatic imine (C=N–C) groups is 1. The fraction of sp³-hybridized carbons (Fsp3) is 0.722. The van der Waals surface area contributed by atoms with E-state index in [0.717, 1.165) is 63.7 Å². The lowest BCUT2D eigenvalue weighted by molar-refractivity contribution is 0.130. The highest BCUT2D eigenvalue weighted by Crippen LogP contribution is 1.99. The molecular weight excluding hydrogens is 417 g/mol. The molecule has 0 aliphatic carbocycles. The molecule has 2 N–H and O–H groups in total. The van der Waals surface area contributed by atoms with Gasteiger partial charge in [0.2, 0.25) is 0 Å². The Morgan fingerprint density at radius 3 is 2.75 bits per heavy atom. The molecule has 140 valence electrons. The summed E-state index contributed by atoms with van der Waals surface area (Å²) in [6.07, 6.45) is 6.90. The zero-order valence-electron chi connectivity index (χ0n) is 15.3. The molecule has 1 unspecified atom stereocenters. The number of furan rings is 1. The smallest absolute Gasteiger partial charge is 0.191 e. The van der Waals surface area contributed by atoms with Crippen LogP contribution in [0.3, 0.4) is 0 Å². The zero-order chi connectivity index (χ0) is 16.8. The second-order valence-corrected chi connectivity index (χ2v) is 5.76. The molecule has 24 heavy (non-hydrogen) atoms. The molecule has 0 radical (unpaired) electrons. The number of ether oxygens (including phenoxy) is 1. The molecule has 6 heteroatoms. The number of guanidine groups is 1. The van der Waals surface area contributed by atoms with E-state index in [1.165, 1.54) is 6.42 Å². The normalized spacial score (nSPS) is 12.5. The van der Waals surface area contributed by atoms with Crippen LogP contribution in [-0.2, 0) is 11.2 Å². The predicted molar refractivity (Wildman–Crippen MR) is 111 cm³/mol. The van der Waals surface area contributed by atoms with Crippen LogP contribution >= 0.6 is 24.0 Å². The van der Waals surface area contributed by atoms with Crippen molar-refractivity contribution in [2.75, 3.05) is 26.3 Å². The van der Waals surface area contributed by atoms with Crippen molar-refractivity contribution in [3.63, 3.8) is 0 Å². The summed E-state index contributed by atoms with van der Waals surface area (Å²) in [6.45, 7) is 9.74. The van der Waals surface area contributed by atoms with Crippen LogP contribution in [0.15, 0.2) is 27.8 Å². The summed E-state index contributed by atoms with van der Waals surface area (Å²) in [5.74, 6) is 1.86. The Morgan fingerprint density at radius 2 is 2.08 bits per heavy atom. The van der Waals surface area contributed by atoms with Gasteiger partial charge < -0.3 is 19.8 Å². The Morgan fingerprint density at radius 1 is 1.29 bits per heavy atom. The first kappa shape index (κ1) is 23.2. The van der Waals surface area contributed by atoms with E-state index in [1.807, 2.05) is 12.1 Å². The van der Waals surface area contributed by atoms with Crippen molar-refractivity contribution in [3.8, 4) is 0 Å². The Balaban J connectivity index is 0.00000529. The van der Waals surface area contributed by atoms with Crippen molar-refractivity contribution in [3.05, 3.63) is 24.2 Å². The molecule has 0 fully saturated rings. The molecule has 0 spiro atoms. The maximum atomic E-state index is 5.57. The number of nitrogens with one attached hydrogen (secondary N) is 2. The maximum absolute atomic E-state index is 5.57. The third kappa shape index (κ3) is 11.7. The van der Waals surface area contributed by atoms with E-state index in [9.17, 15) is 0 Å². The van der Waals surface area contributed by atoms with Gasteiger partial charge in [0.05, 0.1) is 6.26 Å². The van der Waals surface area contributed by atoms with Gasteiger partial charge in [-0.05, 0) is 38.3 Å².